The summed E-state index contributed by atoms with van der Waals surface area (Å²) < 4.78 is 0. The van der Waals surface area contributed by atoms with Crippen LogP contribution in [-0.2, 0) is 6.54 Å². The van der Waals surface area contributed by atoms with Crippen molar-refractivity contribution in [1.82, 2.24) is 10.2 Å². The zero-order valence-corrected chi connectivity index (χ0v) is 9.82. The van der Waals surface area contributed by atoms with E-state index in [1.165, 1.54) is 5.56 Å². The molecule has 2 nitrogen and oxygen atoms in total. The molecule has 1 aromatic rings. The van der Waals surface area contributed by atoms with Gasteiger partial charge in [0.2, 0.25) is 0 Å². The summed E-state index contributed by atoms with van der Waals surface area (Å²) in [6.07, 6.45) is 0. The van der Waals surface area contributed by atoms with E-state index in [-0.39, 0.29) is 0 Å². The molecular weight excluding hydrogens is 216 g/mol. The lowest BCUT2D eigenvalue weighted by Crippen LogP contribution is -2.33. The Morgan fingerprint density at radius 2 is 2.00 bits per heavy atom. The van der Waals surface area contributed by atoms with Gasteiger partial charge in [0.15, 0.2) is 5.11 Å². The largest absolute Gasteiger partial charge is 0.366 e. The smallest absolute Gasteiger partial charge is 0.168 e. The van der Waals surface area contributed by atoms with Gasteiger partial charge in [0.25, 0.3) is 0 Å². The van der Waals surface area contributed by atoms with Crippen LogP contribution in [0.4, 0.5) is 0 Å². The molecule has 0 aromatic heterocycles. The Bertz CT molecular complexity index is 310. The molecule has 1 aromatic carbocycles. The highest BCUT2D eigenvalue weighted by molar-refractivity contribution is 7.80. The van der Waals surface area contributed by atoms with Crippen molar-refractivity contribution >= 4 is 28.9 Å². The van der Waals surface area contributed by atoms with E-state index in [0.29, 0.717) is 0 Å². The molecule has 0 fully saturated rings. The fraction of sp³-hybridized carbons (Fsp3) is 0.300. The lowest BCUT2D eigenvalue weighted by Gasteiger charge is -2.19. The molecule has 0 radical (unpaired) electrons. The van der Waals surface area contributed by atoms with E-state index in [1.807, 2.05) is 43.3 Å². The van der Waals surface area contributed by atoms with Gasteiger partial charge in [0, 0.05) is 25.7 Å². The van der Waals surface area contributed by atoms with E-state index >= 15 is 0 Å². The summed E-state index contributed by atoms with van der Waals surface area (Å²) in [4.78, 5) is 1.97. The Morgan fingerprint density at radius 1 is 1.43 bits per heavy atom. The topological polar surface area (TPSA) is 15.3 Å². The van der Waals surface area contributed by atoms with Crippen molar-refractivity contribution in [3.05, 3.63) is 34.9 Å². The molecule has 0 saturated carbocycles. The first-order valence-corrected chi connectivity index (χ1v) is 5.09. The lowest BCUT2D eigenvalue weighted by atomic mass is 10.2. The van der Waals surface area contributed by atoms with Crippen molar-refractivity contribution in [3.63, 3.8) is 0 Å². The maximum absolute atomic E-state index is 5.79. The number of hydrogen-bond donors (Lipinski definition) is 1. The Labute approximate surface area is 94.9 Å². The summed E-state index contributed by atoms with van der Waals surface area (Å²) in [7, 11) is 3.77. The summed E-state index contributed by atoms with van der Waals surface area (Å²) in [6, 6.07) is 7.76. The van der Waals surface area contributed by atoms with E-state index in [4.69, 9.17) is 23.8 Å². The first-order valence-electron chi connectivity index (χ1n) is 4.31. The maximum Gasteiger partial charge on any atom is 0.168 e. The molecule has 14 heavy (non-hydrogen) atoms. The molecule has 0 atom stereocenters. The van der Waals surface area contributed by atoms with Crippen molar-refractivity contribution in [1.29, 1.82) is 0 Å². The van der Waals surface area contributed by atoms with Gasteiger partial charge >= 0.3 is 0 Å². The standard InChI is InChI=1S/C10H13ClN2S/c1-12-10(14)13(2)7-8-3-5-9(11)6-4-8/h3-6H,7H2,1-2H3,(H,12,14). The summed E-state index contributed by atoms with van der Waals surface area (Å²) in [5.41, 5.74) is 1.19. The summed E-state index contributed by atoms with van der Waals surface area (Å²) in [5.74, 6) is 0. The van der Waals surface area contributed by atoms with Crippen LogP contribution in [0, 0.1) is 0 Å². The first kappa shape index (κ1) is 11.3. The van der Waals surface area contributed by atoms with E-state index < -0.39 is 0 Å². The minimum atomic E-state index is 0.736. The Kier molecular flexibility index (Phi) is 4.17. The molecule has 0 aliphatic carbocycles. The number of nitrogens with zero attached hydrogens (tertiary/aromatic N) is 1. The SMILES string of the molecule is CNC(=S)N(C)Cc1ccc(Cl)cc1. The molecule has 76 valence electrons. The molecule has 0 amide bonds. The van der Waals surface area contributed by atoms with E-state index in [0.717, 1.165) is 16.7 Å². The Morgan fingerprint density at radius 3 is 2.50 bits per heavy atom. The molecule has 0 spiro atoms. The Hall–Kier alpha value is -0.800. The molecule has 0 aliphatic rings. The molecule has 4 heteroatoms. The van der Waals surface area contributed by atoms with E-state index in [1.54, 1.807) is 0 Å². The van der Waals surface area contributed by atoms with Crippen LogP contribution in [0.3, 0.4) is 0 Å². The zero-order valence-electron chi connectivity index (χ0n) is 8.25. The predicted octanol–water partition coefficient (Wildman–Crippen LogP) is 2.28. The van der Waals surface area contributed by atoms with E-state index in [9.17, 15) is 0 Å². The zero-order chi connectivity index (χ0) is 10.6. The average Bonchev–Trinajstić information content (AvgIpc) is 2.20. The second kappa shape index (κ2) is 5.17. The van der Waals surface area contributed by atoms with Gasteiger partial charge in [-0.3, -0.25) is 0 Å². The maximum atomic E-state index is 5.79. The third-order valence-electron chi connectivity index (χ3n) is 1.89. The second-order valence-electron chi connectivity index (χ2n) is 3.04. The number of benzene rings is 1. The van der Waals surface area contributed by atoms with Crippen LogP contribution in [0.15, 0.2) is 24.3 Å². The van der Waals surface area contributed by atoms with Crippen LogP contribution in [0.25, 0.3) is 0 Å². The van der Waals surface area contributed by atoms with Gasteiger partial charge in [0.05, 0.1) is 0 Å². The third kappa shape index (κ3) is 3.16. The highest BCUT2D eigenvalue weighted by Crippen LogP contribution is 2.10. The molecule has 0 bridgehead atoms. The van der Waals surface area contributed by atoms with Crippen molar-refractivity contribution in [2.24, 2.45) is 0 Å². The van der Waals surface area contributed by atoms with Crippen molar-refractivity contribution in [2.75, 3.05) is 14.1 Å². The quantitative estimate of drug-likeness (QED) is 0.782. The van der Waals surface area contributed by atoms with Gasteiger partial charge in [0.1, 0.15) is 0 Å². The lowest BCUT2D eigenvalue weighted by molar-refractivity contribution is 0.495. The number of nitrogens with one attached hydrogen (secondary N) is 1. The summed E-state index contributed by atoms with van der Waals surface area (Å²) >= 11 is 10.9. The molecule has 0 unspecified atom stereocenters. The van der Waals surface area contributed by atoms with Gasteiger partial charge in [-0.25, -0.2) is 0 Å². The predicted molar refractivity (Wildman–Crippen MR) is 64.6 cm³/mol. The van der Waals surface area contributed by atoms with Crippen LogP contribution in [0.2, 0.25) is 5.02 Å². The number of thiocarbonyl (C=S) groups is 1. The normalized spacial score (nSPS) is 9.64. The van der Waals surface area contributed by atoms with Crippen molar-refractivity contribution in [3.8, 4) is 0 Å². The number of rotatable bonds is 2. The van der Waals surface area contributed by atoms with Crippen LogP contribution >= 0.6 is 23.8 Å². The van der Waals surface area contributed by atoms with E-state index in [2.05, 4.69) is 5.32 Å². The molecular formula is C10H13ClN2S. The third-order valence-corrected chi connectivity index (χ3v) is 2.66. The number of hydrogen-bond acceptors (Lipinski definition) is 1. The van der Waals surface area contributed by atoms with Gasteiger partial charge in [-0.05, 0) is 29.9 Å². The fourth-order valence-corrected chi connectivity index (χ4v) is 1.32. The van der Waals surface area contributed by atoms with Gasteiger partial charge < -0.3 is 10.2 Å². The van der Waals surface area contributed by atoms with Crippen LogP contribution < -0.4 is 5.32 Å². The minimum absolute atomic E-state index is 0.736. The van der Waals surface area contributed by atoms with Crippen LogP contribution in [-0.4, -0.2) is 24.1 Å². The van der Waals surface area contributed by atoms with Crippen molar-refractivity contribution in [2.45, 2.75) is 6.54 Å². The second-order valence-corrected chi connectivity index (χ2v) is 3.86. The van der Waals surface area contributed by atoms with Gasteiger partial charge in [-0.2, -0.15) is 0 Å². The summed E-state index contributed by atoms with van der Waals surface area (Å²) in [5, 5.41) is 4.42. The van der Waals surface area contributed by atoms with Crippen molar-refractivity contribution < 1.29 is 0 Å². The number of halogens is 1. The molecule has 0 saturated heterocycles. The fourth-order valence-electron chi connectivity index (χ4n) is 1.13. The highest BCUT2D eigenvalue weighted by Gasteiger charge is 2.02. The first-order chi connectivity index (χ1) is 6.63. The summed E-state index contributed by atoms with van der Waals surface area (Å²) in [6.45, 7) is 0.789. The molecule has 0 heterocycles. The van der Waals surface area contributed by atoms with Gasteiger partial charge in [-0.1, -0.05) is 23.7 Å². The average molecular weight is 229 g/mol. The monoisotopic (exact) mass is 228 g/mol. The Balaban J connectivity index is 2.60. The molecule has 1 rings (SSSR count). The minimum Gasteiger partial charge on any atom is -0.366 e. The van der Waals surface area contributed by atoms with Crippen LogP contribution in [0.5, 0.6) is 0 Å². The molecule has 1 N–H and O–H groups in total. The van der Waals surface area contributed by atoms with Gasteiger partial charge in [-0.15, -0.1) is 0 Å². The highest BCUT2D eigenvalue weighted by atomic mass is 35.5. The molecule has 0 aliphatic heterocycles. The van der Waals surface area contributed by atoms with Crippen LogP contribution in [0.1, 0.15) is 5.56 Å².